The summed E-state index contributed by atoms with van der Waals surface area (Å²) in [6.07, 6.45) is 1.31. The molecule has 0 heterocycles. The highest BCUT2D eigenvalue weighted by Gasteiger charge is 2.52. The molecule has 0 aromatic heterocycles. The molecule has 1 fully saturated rings. The van der Waals surface area contributed by atoms with Gasteiger partial charge in [-0.2, -0.15) is 0 Å². The first-order chi connectivity index (χ1) is 6.56. The van der Waals surface area contributed by atoms with E-state index >= 15 is 0 Å². The summed E-state index contributed by atoms with van der Waals surface area (Å²) >= 11 is 11.7. The minimum atomic E-state index is -0.804. The van der Waals surface area contributed by atoms with E-state index in [9.17, 15) is 4.79 Å². The van der Waals surface area contributed by atoms with Crippen molar-refractivity contribution in [2.45, 2.75) is 18.3 Å². The van der Waals surface area contributed by atoms with Crippen molar-refractivity contribution in [2.75, 3.05) is 0 Å². The van der Waals surface area contributed by atoms with Crippen molar-refractivity contribution in [2.24, 2.45) is 0 Å². The van der Waals surface area contributed by atoms with E-state index in [4.69, 9.17) is 28.3 Å². The zero-order valence-corrected chi connectivity index (χ0v) is 8.77. The molecule has 1 aliphatic carbocycles. The average Bonchev–Trinajstić information content (AvgIpc) is 2.84. The predicted molar refractivity (Wildman–Crippen MR) is 55.0 cm³/mol. The highest BCUT2D eigenvalue weighted by atomic mass is 35.5. The molecule has 0 saturated heterocycles. The van der Waals surface area contributed by atoms with Crippen LogP contribution in [0.25, 0.3) is 0 Å². The molecule has 14 heavy (non-hydrogen) atoms. The molecule has 2 nitrogen and oxygen atoms in total. The molecule has 2 rings (SSSR count). The van der Waals surface area contributed by atoms with Crippen molar-refractivity contribution >= 4 is 29.2 Å². The molecular weight excluding hydrogens is 223 g/mol. The Labute approximate surface area is 91.4 Å². The highest BCUT2D eigenvalue weighted by molar-refractivity contribution is 6.35. The fraction of sp³-hybridized carbons (Fsp3) is 0.300. The van der Waals surface area contributed by atoms with Gasteiger partial charge in [-0.15, -0.1) is 0 Å². The Morgan fingerprint density at radius 1 is 1.36 bits per heavy atom. The molecule has 1 aromatic rings. The van der Waals surface area contributed by atoms with Crippen LogP contribution in [0.2, 0.25) is 10.0 Å². The van der Waals surface area contributed by atoms with Crippen molar-refractivity contribution in [1.82, 2.24) is 0 Å². The van der Waals surface area contributed by atoms with Crippen LogP contribution in [0.4, 0.5) is 0 Å². The molecule has 1 aliphatic rings. The number of carbonyl (C=O) groups is 1. The highest BCUT2D eigenvalue weighted by Crippen LogP contribution is 2.50. The number of carboxylic acid groups (broad SMARTS) is 1. The Balaban J connectivity index is 2.47. The molecule has 0 amide bonds. The summed E-state index contributed by atoms with van der Waals surface area (Å²) in [4.78, 5) is 11.0. The molecule has 4 heteroatoms. The second kappa shape index (κ2) is 3.14. The molecule has 1 saturated carbocycles. The Morgan fingerprint density at radius 3 is 2.43 bits per heavy atom. The van der Waals surface area contributed by atoms with Crippen molar-refractivity contribution in [3.63, 3.8) is 0 Å². The van der Waals surface area contributed by atoms with Gasteiger partial charge in [0.25, 0.3) is 0 Å². The maximum Gasteiger partial charge on any atom is 0.314 e. The molecule has 0 radical (unpaired) electrons. The van der Waals surface area contributed by atoms with Gasteiger partial charge in [0.2, 0.25) is 0 Å². The Bertz CT molecular complexity index is 397. The summed E-state index contributed by atoms with van der Waals surface area (Å²) in [7, 11) is 0. The summed E-state index contributed by atoms with van der Waals surface area (Å²) in [6.45, 7) is 0. The summed E-state index contributed by atoms with van der Waals surface area (Å²) in [6, 6.07) is 4.96. The average molecular weight is 231 g/mol. The van der Waals surface area contributed by atoms with E-state index in [1.165, 1.54) is 0 Å². The van der Waals surface area contributed by atoms with E-state index in [2.05, 4.69) is 0 Å². The largest absolute Gasteiger partial charge is 0.481 e. The van der Waals surface area contributed by atoms with Gasteiger partial charge < -0.3 is 5.11 Å². The van der Waals surface area contributed by atoms with Crippen LogP contribution in [0.5, 0.6) is 0 Å². The fourth-order valence-corrected chi connectivity index (χ4v) is 2.19. The van der Waals surface area contributed by atoms with Crippen LogP contribution >= 0.6 is 23.2 Å². The minimum Gasteiger partial charge on any atom is -0.481 e. The normalized spacial score (nSPS) is 17.9. The third kappa shape index (κ3) is 1.39. The lowest BCUT2D eigenvalue weighted by molar-refractivity contribution is -0.140. The maximum atomic E-state index is 11.0. The van der Waals surface area contributed by atoms with Crippen LogP contribution in [0, 0.1) is 0 Å². The first-order valence-electron chi connectivity index (χ1n) is 4.25. The second-order valence-electron chi connectivity index (χ2n) is 3.51. The predicted octanol–water partition coefficient (Wildman–Crippen LogP) is 3.11. The molecule has 0 spiro atoms. The van der Waals surface area contributed by atoms with E-state index < -0.39 is 11.4 Å². The molecule has 0 aliphatic heterocycles. The van der Waals surface area contributed by atoms with Gasteiger partial charge in [-0.3, -0.25) is 4.79 Å². The standard InChI is InChI=1S/C10H8Cl2O2/c11-6-1-2-7(8(12)5-6)10(3-4-10)9(13)14/h1-2,5H,3-4H2,(H,13,14). The van der Waals surface area contributed by atoms with Crippen molar-refractivity contribution in [3.05, 3.63) is 33.8 Å². The zero-order valence-electron chi connectivity index (χ0n) is 7.26. The number of halogens is 2. The number of hydrogen-bond acceptors (Lipinski definition) is 1. The van der Waals surface area contributed by atoms with Crippen LogP contribution in [-0.2, 0) is 10.2 Å². The number of aliphatic carboxylic acids is 1. The summed E-state index contributed by atoms with van der Waals surface area (Å²) in [5.41, 5.74) is -0.0714. The van der Waals surface area contributed by atoms with E-state index in [0.29, 0.717) is 28.5 Å². The molecule has 0 bridgehead atoms. The van der Waals surface area contributed by atoms with Crippen molar-refractivity contribution in [1.29, 1.82) is 0 Å². The number of benzene rings is 1. The van der Waals surface area contributed by atoms with Crippen LogP contribution in [0.3, 0.4) is 0 Å². The van der Waals surface area contributed by atoms with Gasteiger partial charge in [-0.25, -0.2) is 0 Å². The molecule has 0 unspecified atom stereocenters. The van der Waals surface area contributed by atoms with Gasteiger partial charge in [-0.1, -0.05) is 29.3 Å². The van der Waals surface area contributed by atoms with Crippen LogP contribution in [0.15, 0.2) is 18.2 Å². The van der Waals surface area contributed by atoms with Gasteiger partial charge in [0.15, 0.2) is 0 Å². The van der Waals surface area contributed by atoms with Crippen molar-refractivity contribution in [3.8, 4) is 0 Å². The Morgan fingerprint density at radius 2 is 2.00 bits per heavy atom. The quantitative estimate of drug-likeness (QED) is 0.848. The van der Waals surface area contributed by atoms with Gasteiger partial charge in [0.1, 0.15) is 0 Å². The van der Waals surface area contributed by atoms with E-state index in [0.717, 1.165) is 0 Å². The number of hydrogen-bond donors (Lipinski definition) is 1. The first kappa shape index (κ1) is 9.81. The van der Waals surface area contributed by atoms with Crippen LogP contribution in [0.1, 0.15) is 18.4 Å². The van der Waals surface area contributed by atoms with Crippen LogP contribution < -0.4 is 0 Å². The molecule has 74 valence electrons. The van der Waals surface area contributed by atoms with Crippen LogP contribution in [-0.4, -0.2) is 11.1 Å². The van der Waals surface area contributed by atoms with Gasteiger partial charge in [0.05, 0.1) is 5.41 Å². The van der Waals surface area contributed by atoms with E-state index in [1.54, 1.807) is 18.2 Å². The first-order valence-corrected chi connectivity index (χ1v) is 5.01. The fourth-order valence-electron chi connectivity index (χ4n) is 1.60. The molecule has 0 atom stereocenters. The van der Waals surface area contributed by atoms with Gasteiger partial charge >= 0.3 is 5.97 Å². The topological polar surface area (TPSA) is 37.3 Å². The lowest BCUT2D eigenvalue weighted by Gasteiger charge is -2.11. The summed E-state index contributed by atoms with van der Waals surface area (Å²) in [5.74, 6) is -0.804. The molecular formula is C10H8Cl2O2. The van der Waals surface area contributed by atoms with E-state index in [-0.39, 0.29) is 0 Å². The lowest BCUT2D eigenvalue weighted by atomic mass is 9.96. The smallest absolute Gasteiger partial charge is 0.314 e. The Kier molecular flexibility index (Phi) is 2.20. The minimum absolute atomic E-state index is 0.442. The third-order valence-corrected chi connectivity index (χ3v) is 3.15. The SMILES string of the molecule is O=C(O)C1(c2ccc(Cl)cc2Cl)CC1. The lowest BCUT2D eigenvalue weighted by Crippen LogP contribution is -2.19. The zero-order chi connectivity index (χ0) is 10.3. The second-order valence-corrected chi connectivity index (χ2v) is 4.36. The summed E-state index contributed by atoms with van der Waals surface area (Å²) in [5, 5.41) is 10.0. The number of carboxylic acids is 1. The maximum absolute atomic E-state index is 11.0. The Hall–Kier alpha value is -0.730. The molecule has 1 aromatic carbocycles. The van der Waals surface area contributed by atoms with E-state index in [1.807, 2.05) is 0 Å². The summed E-state index contributed by atoms with van der Waals surface area (Å²) < 4.78 is 0. The van der Waals surface area contributed by atoms with Gasteiger partial charge in [0, 0.05) is 10.0 Å². The van der Waals surface area contributed by atoms with Gasteiger partial charge in [-0.05, 0) is 30.5 Å². The number of rotatable bonds is 2. The van der Waals surface area contributed by atoms with Crippen molar-refractivity contribution < 1.29 is 9.90 Å². The monoisotopic (exact) mass is 230 g/mol. The molecule has 1 N–H and O–H groups in total. The third-order valence-electron chi connectivity index (χ3n) is 2.61.